The Bertz CT molecular complexity index is 1110. The summed E-state index contributed by atoms with van der Waals surface area (Å²) in [5, 5.41) is 8.23. The van der Waals surface area contributed by atoms with Gasteiger partial charge in [0, 0.05) is 34.8 Å². The van der Waals surface area contributed by atoms with Crippen LogP contribution in [-0.2, 0) is 11.2 Å². The van der Waals surface area contributed by atoms with Crippen molar-refractivity contribution in [2.24, 2.45) is 0 Å². The van der Waals surface area contributed by atoms with Gasteiger partial charge in [-0.25, -0.2) is 4.98 Å². The Labute approximate surface area is 196 Å². The molecule has 1 aliphatic rings. The number of piperidine rings is 1. The first-order chi connectivity index (χ1) is 15.5. The van der Waals surface area contributed by atoms with Gasteiger partial charge in [-0.1, -0.05) is 34.3 Å². The van der Waals surface area contributed by atoms with Crippen molar-refractivity contribution >= 4 is 52.2 Å². The van der Waals surface area contributed by atoms with Gasteiger partial charge in [0.2, 0.25) is 5.91 Å². The number of aromatic nitrogens is 3. The van der Waals surface area contributed by atoms with E-state index in [1.165, 1.54) is 16.7 Å². The molecule has 4 rings (SSSR count). The molecule has 0 spiro atoms. The van der Waals surface area contributed by atoms with E-state index in [0.29, 0.717) is 18.1 Å². The minimum atomic E-state index is -0.545. The second kappa shape index (κ2) is 10.2. The summed E-state index contributed by atoms with van der Waals surface area (Å²) in [6.07, 6.45) is 1.83. The number of benzene rings is 1. The molecule has 3 amide bonds. The average Bonchev–Trinajstić information content (AvgIpc) is 3.51. The minimum absolute atomic E-state index is 0.0572. The predicted octanol–water partition coefficient (Wildman–Crippen LogP) is 2.67. The quantitative estimate of drug-likeness (QED) is 0.531. The highest BCUT2D eigenvalue weighted by atomic mass is 35.5. The van der Waals surface area contributed by atoms with Crippen molar-refractivity contribution in [1.29, 1.82) is 0 Å². The molecule has 1 fully saturated rings. The molecule has 32 heavy (non-hydrogen) atoms. The molecular weight excluding hydrogens is 472 g/mol. The fraction of sp³-hybridized carbons (Fsp3) is 0.300. The van der Waals surface area contributed by atoms with Crippen LogP contribution in [0.5, 0.6) is 0 Å². The molecule has 9 nitrogen and oxygen atoms in total. The van der Waals surface area contributed by atoms with E-state index in [4.69, 9.17) is 11.6 Å². The van der Waals surface area contributed by atoms with Crippen LogP contribution in [0.15, 0.2) is 35.0 Å². The normalized spacial score (nSPS) is 14.2. The maximum atomic E-state index is 12.6. The van der Waals surface area contributed by atoms with E-state index in [0.717, 1.165) is 34.9 Å². The lowest BCUT2D eigenvalue weighted by atomic mass is 9.97. The van der Waals surface area contributed by atoms with Crippen LogP contribution in [-0.4, -0.2) is 50.3 Å². The monoisotopic (exact) mass is 490 g/mol. The van der Waals surface area contributed by atoms with Gasteiger partial charge in [-0.15, -0.1) is 16.4 Å². The number of hydrazine groups is 1. The number of thiazole rings is 1. The maximum absolute atomic E-state index is 12.6. The molecule has 0 aliphatic carbocycles. The molecule has 1 aromatic carbocycles. The van der Waals surface area contributed by atoms with Crippen LogP contribution >= 0.6 is 34.5 Å². The SMILES string of the molecule is O=C(NNC(=O)c1csc(C2CCN(C(=O)Cc3ccccc3Cl)CC2)n1)c1csnn1. The standard InChI is InChI=1S/C20H19ClN6O3S2/c21-14-4-2-1-3-13(14)9-17(28)27-7-5-12(6-8-27)20-22-15(10-31-20)18(29)24-25-19(30)16-11-32-26-23-16/h1-4,10-12H,5-9H2,(H,24,29)(H,25,30). The molecule has 0 radical (unpaired) electrons. The maximum Gasteiger partial charge on any atom is 0.291 e. The smallest absolute Gasteiger partial charge is 0.291 e. The number of hydrogen-bond acceptors (Lipinski definition) is 8. The molecule has 0 atom stereocenters. The van der Waals surface area contributed by atoms with E-state index in [1.54, 1.807) is 11.4 Å². The Kier molecular flexibility index (Phi) is 7.08. The van der Waals surface area contributed by atoms with Crippen molar-refractivity contribution in [1.82, 2.24) is 30.3 Å². The molecule has 0 saturated carbocycles. The second-order valence-corrected chi connectivity index (χ2v) is 9.10. The summed E-state index contributed by atoms with van der Waals surface area (Å²) in [4.78, 5) is 43.0. The molecule has 12 heteroatoms. The van der Waals surface area contributed by atoms with Gasteiger partial charge in [0.05, 0.1) is 11.4 Å². The van der Waals surface area contributed by atoms with E-state index in [1.807, 2.05) is 23.1 Å². The zero-order chi connectivity index (χ0) is 22.5. The summed E-state index contributed by atoms with van der Waals surface area (Å²) < 4.78 is 3.60. The van der Waals surface area contributed by atoms with E-state index in [2.05, 4.69) is 25.4 Å². The number of halogens is 1. The van der Waals surface area contributed by atoms with Crippen molar-refractivity contribution in [2.75, 3.05) is 13.1 Å². The number of amides is 3. The van der Waals surface area contributed by atoms with Gasteiger partial charge in [0.1, 0.15) is 5.69 Å². The third kappa shape index (κ3) is 5.29. The summed E-state index contributed by atoms with van der Waals surface area (Å²) in [5.74, 6) is -0.809. The first-order valence-corrected chi connectivity index (χ1v) is 11.9. The number of nitrogens with zero attached hydrogens (tertiary/aromatic N) is 4. The van der Waals surface area contributed by atoms with E-state index >= 15 is 0 Å². The number of carbonyl (C=O) groups is 3. The third-order valence-electron chi connectivity index (χ3n) is 5.13. The van der Waals surface area contributed by atoms with Crippen LogP contribution in [0.1, 0.15) is 50.3 Å². The molecule has 2 aromatic heterocycles. The van der Waals surface area contributed by atoms with Gasteiger partial charge < -0.3 is 4.90 Å². The molecule has 0 unspecified atom stereocenters. The van der Waals surface area contributed by atoms with Crippen LogP contribution in [0.4, 0.5) is 0 Å². The average molecular weight is 491 g/mol. The summed E-state index contributed by atoms with van der Waals surface area (Å²) in [7, 11) is 0. The molecule has 3 heterocycles. The number of nitrogens with one attached hydrogen (secondary N) is 2. The van der Waals surface area contributed by atoms with Crippen LogP contribution in [0.2, 0.25) is 5.02 Å². The van der Waals surface area contributed by atoms with Crippen molar-refractivity contribution in [3.05, 3.63) is 62.0 Å². The predicted molar refractivity (Wildman–Crippen MR) is 121 cm³/mol. The largest absolute Gasteiger partial charge is 0.342 e. The number of hydrogen-bond donors (Lipinski definition) is 2. The van der Waals surface area contributed by atoms with Crippen molar-refractivity contribution in [3.63, 3.8) is 0 Å². The van der Waals surface area contributed by atoms with Crippen LogP contribution in [0.25, 0.3) is 0 Å². The Morgan fingerprint density at radius 2 is 1.78 bits per heavy atom. The minimum Gasteiger partial charge on any atom is -0.342 e. The first-order valence-electron chi connectivity index (χ1n) is 9.85. The number of carbonyl (C=O) groups excluding carboxylic acids is 3. The van der Waals surface area contributed by atoms with E-state index in [-0.39, 0.29) is 29.6 Å². The Hall–Kier alpha value is -2.89. The zero-order valence-electron chi connectivity index (χ0n) is 16.8. The first kappa shape index (κ1) is 22.3. The fourth-order valence-corrected chi connectivity index (χ4v) is 4.99. The lowest BCUT2D eigenvalue weighted by Crippen LogP contribution is -2.42. The third-order valence-corrected chi connectivity index (χ3v) is 7.01. The highest BCUT2D eigenvalue weighted by Gasteiger charge is 2.26. The van der Waals surface area contributed by atoms with Gasteiger partial charge in [0.25, 0.3) is 11.8 Å². The highest BCUT2D eigenvalue weighted by Crippen LogP contribution is 2.30. The van der Waals surface area contributed by atoms with E-state index in [9.17, 15) is 14.4 Å². The second-order valence-electron chi connectivity index (χ2n) is 7.19. The fourth-order valence-electron chi connectivity index (χ4n) is 3.38. The molecule has 2 N–H and O–H groups in total. The van der Waals surface area contributed by atoms with Gasteiger partial charge in [-0.3, -0.25) is 25.2 Å². The van der Waals surface area contributed by atoms with Crippen molar-refractivity contribution in [3.8, 4) is 0 Å². The van der Waals surface area contributed by atoms with Gasteiger partial charge in [-0.2, -0.15) is 0 Å². The topological polar surface area (TPSA) is 117 Å². The lowest BCUT2D eigenvalue weighted by molar-refractivity contribution is -0.131. The zero-order valence-corrected chi connectivity index (χ0v) is 19.2. The number of likely N-dealkylation sites (tertiary alicyclic amines) is 1. The summed E-state index contributed by atoms with van der Waals surface area (Å²) in [5.41, 5.74) is 5.82. The molecular formula is C20H19ClN6O3S2. The van der Waals surface area contributed by atoms with Crippen molar-refractivity contribution in [2.45, 2.75) is 25.2 Å². The van der Waals surface area contributed by atoms with Gasteiger partial charge in [0.15, 0.2) is 5.69 Å². The van der Waals surface area contributed by atoms with Crippen LogP contribution in [0, 0.1) is 0 Å². The van der Waals surface area contributed by atoms with Crippen molar-refractivity contribution < 1.29 is 14.4 Å². The van der Waals surface area contributed by atoms with Gasteiger partial charge in [-0.05, 0) is 36.0 Å². The lowest BCUT2D eigenvalue weighted by Gasteiger charge is -2.31. The van der Waals surface area contributed by atoms with Crippen LogP contribution in [0.3, 0.4) is 0 Å². The molecule has 3 aromatic rings. The van der Waals surface area contributed by atoms with Crippen LogP contribution < -0.4 is 10.9 Å². The number of rotatable bonds is 5. The van der Waals surface area contributed by atoms with Gasteiger partial charge >= 0.3 is 0 Å². The Morgan fingerprint density at radius 1 is 1.06 bits per heavy atom. The highest BCUT2D eigenvalue weighted by molar-refractivity contribution is 7.10. The van der Waals surface area contributed by atoms with E-state index < -0.39 is 11.8 Å². The molecule has 166 valence electrons. The summed E-state index contributed by atoms with van der Waals surface area (Å²) in [6, 6.07) is 7.37. The molecule has 0 bridgehead atoms. The molecule has 1 aliphatic heterocycles. The Morgan fingerprint density at radius 3 is 2.47 bits per heavy atom. The summed E-state index contributed by atoms with van der Waals surface area (Å²) >= 11 is 8.61. The Balaban J connectivity index is 1.27. The summed E-state index contributed by atoms with van der Waals surface area (Å²) in [6.45, 7) is 1.26. The molecule has 1 saturated heterocycles.